The summed E-state index contributed by atoms with van der Waals surface area (Å²) in [5.74, 6) is -3.39. The van der Waals surface area contributed by atoms with Crippen LogP contribution in [0.1, 0.15) is 78.1 Å². The number of carbonyl (C=O) groups excluding carboxylic acids is 2. The molecule has 0 radical (unpaired) electrons. The van der Waals surface area contributed by atoms with Crippen molar-refractivity contribution in [3.63, 3.8) is 0 Å². The molecule has 0 aromatic carbocycles. The Morgan fingerprint density at radius 3 is 1.94 bits per heavy atom. The summed E-state index contributed by atoms with van der Waals surface area (Å²) >= 11 is 0. The lowest BCUT2D eigenvalue weighted by Gasteiger charge is -2.64. The number of carboxylic acids is 1. The minimum Gasteiger partial charge on any atom is -0.481 e. The number of hydrogen-bond acceptors (Lipinski definition) is 20. The molecule has 7 fully saturated rings. The number of hydrogen-bond donors (Lipinski definition) is 11. The van der Waals surface area contributed by atoms with Crippen LogP contribution in [-0.2, 0) is 47.5 Å². The number of rotatable bonds is 12. The highest BCUT2D eigenvalue weighted by atomic mass is 16.8. The van der Waals surface area contributed by atoms with Crippen molar-refractivity contribution in [2.24, 2.45) is 28.1 Å². The second-order valence-electron chi connectivity index (χ2n) is 19.1. The second kappa shape index (κ2) is 17.7. The summed E-state index contributed by atoms with van der Waals surface area (Å²) in [6.45, 7) is 6.35. The number of fused-ring (bicyclic) bond motifs is 3. The van der Waals surface area contributed by atoms with Crippen LogP contribution in [0, 0.1) is 28.1 Å². The van der Waals surface area contributed by atoms with E-state index >= 15 is 0 Å². The summed E-state index contributed by atoms with van der Waals surface area (Å²) in [5.41, 5.74) is -2.12. The van der Waals surface area contributed by atoms with Crippen LogP contribution in [0.25, 0.3) is 0 Å². The number of aliphatic hydroxyl groups excluding tert-OH is 10. The highest BCUT2D eigenvalue weighted by Gasteiger charge is 2.69. The van der Waals surface area contributed by atoms with Gasteiger partial charge in [0.1, 0.15) is 86.3 Å². The maximum atomic E-state index is 14.3. The smallest absolute Gasteiger partial charge is 0.317 e. The van der Waals surface area contributed by atoms with Gasteiger partial charge in [-0.2, -0.15) is 0 Å². The zero-order valence-electron chi connectivity index (χ0n) is 34.7. The number of carboxylic acid groups (broad SMARTS) is 1. The predicted octanol–water partition coefficient (Wildman–Crippen LogP) is -2.91. The minimum absolute atomic E-state index is 0.0570. The Balaban J connectivity index is 1.07. The second-order valence-corrected chi connectivity index (χ2v) is 19.1. The van der Waals surface area contributed by atoms with Gasteiger partial charge in [0, 0.05) is 0 Å². The average Bonchev–Trinajstić information content (AvgIpc) is 3.42. The fourth-order valence-electron chi connectivity index (χ4n) is 12.4. The zero-order valence-corrected chi connectivity index (χ0v) is 34.7. The van der Waals surface area contributed by atoms with E-state index in [4.69, 9.17) is 38.3 Å². The molecule has 3 saturated heterocycles. The van der Waals surface area contributed by atoms with E-state index in [-0.39, 0.29) is 17.3 Å². The zero-order chi connectivity index (χ0) is 45.3. The van der Waals surface area contributed by atoms with Crippen LogP contribution in [0.4, 0.5) is 0 Å². The monoisotopic (exact) mass is 890 g/mol. The molecule has 2 bridgehead atoms. The number of ether oxygens (including phenoxy) is 7. The first kappa shape index (κ1) is 47.5. The van der Waals surface area contributed by atoms with Gasteiger partial charge in [-0.05, 0) is 86.5 Å². The minimum atomic E-state index is -1.85. The molecule has 62 heavy (non-hydrogen) atoms. The number of aliphatic carboxylic acids is 1. The van der Waals surface area contributed by atoms with Gasteiger partial charge >= 0.3 is 17.9 Å². The fourth-order valence-corrected chi connectivity index (χ4v) is 12.4. The molecule has 7 rings (SSSR count). The van der Waals surface area contributed by atoms with E-state index in [1.54, 1.807) is 0 Å². The lowest BCUT2D eigenvalue weighted by atomic mass is 9.41. The fraction of sp³-hybridized carbons (Fsp3) is 0.878. The number of carbonyl (C=O) groups is 3. The van der Waals surface area contributed by atoms with E-state index in [1.807, 2.05) is 6.92 Å². The van der Waals surface area contributed by atoms with Gasteiger partial charge in [-0.3, -0.25) is 14.4 Å². The molecule has 21 heteroatoms. The van der Waals surface area contributed by atoms with E-state index in [2.05, 4.69) is 13.5 Å². The van der Waals surface area contributed by atoms with Crippen molar-refractivity contribution in [2.45, 2.75) is 176 Å². The van der Waals surface area contributed by atoms with Crippen LogP contribution >= 0.6 is 0 Å². The van der Waals surface area contributed by atoms with E-state index in [0.29, 0.717) is 51.4 Å². The third-order valence-electron chi connectivity index (χ3n) is 15.5. The van der Waals surface area contributed by atoms with Gasteiger partial charge in [-0.15, -0.1) is 0 Å². The van der Waals surface area contributed by atoms with Gasteiger partial charge in [-0.1, -0.05) is 19.9 Å². The molecule has 0 unspecified atom stereocenters. The average molecular weight is 891 g/mol. The molecule has 1 spiro atoms. The molecule has 352 valence electrons. The van der Waals surface area contributed by atoms with Crippen molar-refractivity contribution in [2.75, 3.05) is 19.8 Å². The molecule has 0 amide bonds. The summed E-state index contributed by atoms with van der Waals surface area (Å²) in [5, 5.41) is 114. The molecular weight excluding hydrogens is 828 g/mol. The van der Waals surface area contributed by atoms with Crippen LogP contribution < -0.4 is 0 Å². The maximum Gasteiger partial charge on any atom is 0.317 e. The van der Waals surface area contributed by atoms with Gasteiger partial charge < -0.3 is 89.3 Å². The van der Waals surface area contributed by atoms with Gasteiger partial charge in [-0.25, -0.2) is 0 Å². The molecule has 7 aliphatic rings. The highest BCUT2D eigenvalue weighted by molar-refractivity contribution is 5.90. The summed E-state index contributed by atoms with van der Waals surface area (Å²) in [6, 6.07) is 0. The van der Waals surface area contributed by atoms with Gasteiger partial charge in [0.15, 0.2) is 12.6 Å². The van der Waals surface area contributed by atoms with Crippen LogP contribution in [0.5, 0.6) is 0 Å². The third-order valence-corrected chi connectivity index (χ3v) is 15.5. The van der Waals surface area contributed by atoms with Gasteiger partial charge in [0.2, 0.25) is 6.29 Å². The molecule has 21 nitrogen and oxygen atoms in total. The lowest BCUT2D eigenvalue weighted by Crippen LogP contribution is -2.65. The van der Waals surface area contributed by atoms with Crippen molar-refractivity contribution in [1.29, 1.82) is 0 Å². The van der Waals surface area contributed by atoms with Crippen LogP contribution in [-0.4, -0.2) is 192 Å². The Bertz CT molecular complexity index is 1680. The predicted molar refractivity (Wildman–Crippen MR) is 203 cm³/mol. The first-order valence-corrected chi connectivity index (χ1v) is 21.4. The molecule has 0 aromatic heterocycles. The van der Waals surface area contributed by atoms with E-state index < -0.39 is 153 Å². The molecule has 11 N–H and O–H groups in total. The van der Waals surface area contributed by atoms with Crippen LogP contribution in [0.15, 0.2) is 12.2 Å². The molecule has 3 aliphatic heterocycles. The molecule has 3 heterocycles. The van der Waals surface area contributed by atoms with Crippen molar-refractivity contribution >= 4 is 17.9 Å². The summed E-state index contributed by atoms with van der Waals surface area (Å²) in [6.07, 6.45) is -20.4. The van der Waals surface area contributed by atoms with E-state index in [0.717, 1.165) is 12.0 Å². The number of esters is 2. The Labute approximate surface area is 357 Å². The highest BCUT2D eigenvalue weighted by Crippen LogP contribution is 2.73. The van der Waals surface area contributed by atoms with Gasteiger partial charge in [0.05, 0.1) is 24.2 Å². The quantitative estimate of drug-likeness (QED) is 0.0405. The molecule has 21 atom stereocenters. The Morgan fingerprint density at radius 2 is 1.29 bits per heavy atom. The van der Waals surface area contributed by atoms with Crippen molar-refractivity contribution < 1.29 is 104 Å². The summed E-state index contributed by atoms with van der Waals surface area (Å²) in [7, 11) is 0. The third kappa shape index (κ3) is 8.12. The molecule has 4 saturated carbocycles. The molecule has 0 aromatic rings. The van der Waals surface area contributed by atoms with Gasteiger partial charge in [0.25, 0.3) is 0 Å². The Hall–Kier alpha value is -2.45. The first-order valence-electron chi connectivity index (χ1n) is 21.4. The number of aliphatic hydroxyl groups is 10. The Kier molecular flexibility index (Phi) is 13.6. The van der Waals surface area contributed by atoms with Crippen molar-refractivity contribution in [3.8, 4) is 0 Å². The normalized spacial score (nSPS) is 50.3. The SMILES string of the molecule is C=C1C[C@@]23CC[C@H]4[C@@](C)(CCC[C@@]4(C)C(=O)O[C@@H]4O[C@H](COC(=O)CC(=O)O)[C@@H](O)[C@H](O)[C@H]4O)[C@@H]2CC[C@@]1(O[C@@H]1O[C@H](CO)[C@@H](O)[C@H](O)[C@H]1O[C@@H]1O[C@H](CO)[C@@H](O)[C@H](O)[C@H]1O)C3. The maximum absolute atomic E-state index is 14.3. The molecule has 4 aliphatic carbocycles. The van der Waals surface area contributed by atoms with Crippen molar-refractivity contribution in [1.82, 2.24) is 0 Å². The van der Waals surface area contributed by atoms with Crippen LogP contribution in [0.2, 0.25) is 0 Å². The summed E-state index contributed by atoms with van der Waals surface area (Å²) in [4.78, 5) is 37.1. The van der Waals surface area contributed by atoms with E-state index in [1.165, 1.54) is 0 Å². The Morgan fingerprint density at radius 1 is 0.710 bits per heavy atom. The van der Waals surface area contributed by atoms with Crippen LogP contribution in [0.3, 0.4) is 0 Å². The van der Waals surface area contributed by atoms with Crippen molar-refractivity contribution in [3.05, 3.63) is 12.2 Å². The lowest BCUT2D eigenvalue weighted by molar-refractivity contribution is -0.378. The summed E-state index contributed by atoms with van der Waals surface area (Å²) < 4.78 is 40.6. The largest absolute Gasteiger partial charge is 0.481 e. The standard InChI is InChI=1S/C41H62O21/c1-17-12-40-9-5-21-38(2,7-4-8-39(21,3)37(55)61-35-32(54)29(51)27(49)20(59-35)15-56-24(46)11-23(44)45)22(40)6-10-41(17,16-40)62-36-33(30(52)26(48)19(14-43)58-36)60-34-31(53)28(50)25(47)18(13-42)57-34/h18-22,25-36,42-43,47-54H,1,4-16H2,2-3H3,(H,44,45)/t18-,19-,20-,21+,22+,25-,26-,27-,28+,29+,30+,31-,32-,33-,34+,35+,36+,38-,39-,40-,41-/m1/s1. The first-order chi connectivity index (χ1) is 29.1. The molecular formula is C41H62O21. The topological polar surface area (TPSA) is 338 Å². The van der Waals surface area contributed by atoms with E-state index in [9.17, 15) is 65.4 Å².